The first-order valence-corrected chi connectivity index (χ1v) is 27.3. The highest BCUT2D eigenvalue weighted by Crippen LogP contribution is 2.23. The number of hydrogen-bond donors (Lipinski definition) is 0. The van der Waals surface area contributed by atoms with Crippen LogP contribution < -0.4 is 0 Å². The van der Waals surface area contributed by atoms with Gasteiger partial charge < -0.3 is 8.97 Å². The summed E-state index contributed by atoms with van der Waals surface area (Å²) < 4.78 is 2.95. The van der Waals surface area contributed by atoms with Crippen molar-refractivity contribution < 1.29 is 8.97 Å². The van der Waals surface area contributed by atoms with E-state index in [0.29, 0.717) is 0 Å². The molecule has 0 unspecified atom stereocenters. The summed E-state index contributed by atoms with van der Waals surface area (Å²) in [5, 5.41) is 0. The largest absolute Gasteiger partial charge is 0.324 e. The van der Waals surface area contributed by atoms with Gasteiger partial charge in [0.1, 0.15) is 0 Å². The van der Waals surface area contributed by atoms with Crippen LogP contribution in [0.15, 0.2) is 0 Å². The van der Waals surface area contributed by atoms with Gasteiger partial charge in [-0.05, 0) is 103 Å². The maximum atomic E-state index is 2.36. The van der Waals surface area contributed by atoms with Gasteiger partial charge in [-0.25, -0.2) is 0 Å². The second-order valence-corrected chi connectivity index (χ2v) is 19.5. The van der Waals surface area contributed by atoms with Crippen LogP contribution in [-0.4, -0.2) is 61.3 Å². The molecule has 0 fully saturated rings. The molecule has 2 heteroatoms. The van der Waals surface area contributed by atoms with Crippen molar-refractivity contribution in [3.8, 4) is 0 Å². The fraction of sp³-hybridized carbons (Fsp3) is 1.00. The zero-order chi connectivity index (χ0) is 40.9. The molecule has 56 heavy (non-hydrogen) atoms. The van der Waals surface area contributed by atoms with Crippen molar-refractivity contribution in [3.63, 3.8) is 0 Å². The number of quaternary nitrogens is 2. The summed E-state index contributed by atoms with van der Waals surface area (Å²) in [7, 11) is 0. The van der Waals surface area contributed by atoms with Crippen LogP contribution in [0.25, 0.3) is 0 Å². The molecule has 2 nitrogen and oxygen atoms in total. The van der Waals surface area contributed by atoms with Crippen molar-refractivity contribution in [2.75, 3.05) is 52.4 Å². The molecule has 0 spiro atoms. The maximum Gasteiger partial charge on any atom is 0.0786 e. The fourth-order valence-corrected chi connectivity index (χ4v) is 9.95. The minimum atomic E-state index is 1.37. The third-order valence-electron chi connectivity index (χ3n) is 13.9. The molecule has 338 valence electrons. The Morgan fingerprint density at radius 1 is 0.143 bits per heavy atom. The monoisotopic (exact) mass is 791 g/mol. The van der Waals surface area contributed by atoms with Gasteiger partial charge in [0.25, 0.3) is 0 Å². The summed E-state index contributed by atoms with van der Waals surface area (Å²) in [6.45, 7) is 26.0. The predicted molar refractivity (Wildman–Crippen MR) is 258 cm³/mol. The van der Waals surface area contributed by atoms with E-state index in [0.717, 1.165) is 0 Å². The topological polar surface area (TPSA) is 0 Å². The highest BCUT2D eigenvalue weighted by Gasteiger charge is 2.28. The average Bonchev–Trinajstić information content (AvgIpc) is 3.21. The maximum absolute atomic E-state index is 2.36. The quantitative estimate of drug-likeness (QED) is 0.0425. The summed E-state index contributed by atoms with van der Waals surface area (Å²) >= 11 is 0. The molecule has 0 atom stereocenters. The number of rotatable bonds is 49. The van der Waals surface area contributed by atoms with E-state index in [1.807, 2.05) is 0 Å². The molecule has 0 rings (SSSR count). The molecule has 0 N–H and O–H groups in total. The third kappa shape index (κ3) is 35.8. The van der Waals surface area contributed by atoms with Crippen LogP contribution in [0.1, 0.15) is 298 Å². The molecule has 0 aliphatic rings. The van der Waals surface area contributed by atoms with Crippen molar-refractivity contribution >= 4 is 0 Å². The molecule has 0 saturated heterocycles. The Bertz CT molecular complexity index is 576. The van der Waals surface area contributed by atoms with Crippen molar-refractivity contribution in [1.82, 2.24) is 0 Å². The average molecular weight is 792 g/mol. The first kappa shape index (κ1) is 55.9. The van der Waals surface area contributed by atoms with E-state index < -0.39 is 0 Å². The van der Waals surface area contributed by atoms with E-state index >= 15 is 0 Å². The minimum Gasteiger partial charge on any atom is -0.324 e. The minimum absolute atomic E-state index is 1.37. The van der Waals surface area contributed by atoms with Crippen LogP contribution in [0.5, 0.6) is 0 Å². The Kier molecular flexibility index (Phi) is 44.4. The van der Waals surface area contributed by atoms with Crippen LogP contribution in [0, 0.1) is 0 Å². The number of hydrogen-bond acceptors (Lipinski definition) is 0. The van der Waals surface area contributed by atoms with Crippen molar-refractivity contribution in [3.05, 3.63) is 0 Å². The summed E-state index contributed by atoms with van der Waals surface area (Å²) in [5.74, 6) is 0. The first-order chi connectivity index (χ1) is 27.6. The molecule has 0 heterocycles. The van der Waals surface area contributed by atoms with Crippen molar-refractivity contribution in [2.45, 2.75) is 298 Å². The van der Waals surface area contributed by atoms with Gasteiger partial charge in [0.15, 0.2) is 0 Å². The van der Waals surface area contributed by atoms with Gasteiger partial charge in [0.05, 0.1) is 52.4 Å². The Labute approximate surface area is 358 Å². The summed E-state index contributed by atoms with van der Waals surface area (Å²) in [5.41, 5.74) is 0. The predicted octanol–water partition coefficient (Wildman–Crippen LogP) is 18.3. The molecule has 0 aliphatic carbocycles. The fourth-order valence-electron chi connectivity index (χ4n) is 9.95. The summed E-state index contributed by atoms with van der Waals surface area (Å²) in [6.07, 6.45) is 58.0. The van der Waals surface area contributed by atoms with Gasteiger partial charge >= 0.3 is 0 Å². The molecule has 0 radical (unpaired) electrons. The summed E-state index contributed by atoms with van der Waals surface area (Å²) in [6, 6.07) is 0. The number of unbranched alkanes of at least 4 members (excludes halogenated alkanes) is 33. The highest BCUT2D eigenvalue weighted by atomic mass is 15.4. The second-order valence-electron chi connectivity index (χ2n) is 19.5. The van der Waals surface area contributed by atoms with E-state index in [1.165, 1.54) is 318 Å². The Morgan fingerprint density at radius 2 is 0.250 bits per heavy atom. The molecule has 0 bridgehead atoms. The zero-order valence-electron chi connectivity index (χ0n) is 40.8. The van der Waals surface area contributed by atoms with Crippen LogP contribution in [0.2, 0.25) is 0 Å². The lowest BCUT2D eigenvalue weighted by atomic mass is 10.0. The molecule has 0 aromatic carbocycles. The number of nitrogens with zero attached hydrogens (tertiary/aromatic N) is 2. The van der Waals surface area contributed by atoms with Gasteiger partial charge in [-0.1, -0.05) is 196 Å². The van der Waals surface area contributed by atoms with Crippen LogP contribution in [0.3, 0.4) is 0 Å². The molecule has 0 aliphatic heterocycles. The SMILES string of the molecule is CCCCCCCC[N+](CCCCCCCC)(CCCCCCCC)CCCCCC[N+](CCCCCCCC)(CCCCCCCC)CCCCCCCC. The van der Waals surface area contributed by atoms with Crippen molar-refractivity contribution in [1.29, 1.82) is 0 Å². The lowest BCUT2D eigenvalue weighted by Gasteiger charge is -2.40. The Balaban J connectivity index is 5.59. The zero-order valence-corrected chi connectivity index (χ0v) is 40.8. The normalized spacial score (nSPS) is 12.3. The molecule has 0 amide bonds. The Hall–Kier alpha value is -0.0800. The van der Waals surface area contributed by atoms with Gasteiger partial charge in [0.2, 0.25) is 0 Å². The first-order valence-electron chi connectivity index (χ1n) is 27.3. The van der Waals surface area contributed by atoms with Crippen molar-refractivity contribution in [2.24, 2.45) is 0 Å². The third-order valence-corrected chi connectivity index (χ3v) is 13.9. The second kappa shape index (κ2) is 44.5. The molecular formula is C54H114N2+2. The smallest absolute Gasteiger partial charge is 0.0786 e. The van der Waals surface area contributed by atoms with Crippen LogP contribution in [-0.2, 0) is 0 Å². The molecule has 0 aromatic rings. The van der Waals surface area contributed by atoms with E-state index in [9.17, 15) is 0 Å². The van der Waals surface area contributed by atoms with E-state index in [1.54, 1.807) is 0 Å². The van der Waals surface area contributed by atoms with Crippen LogP contribution >= 0.6 is 0 Å². The Morgan fingerprint density at radius 3 is 0.375 bits per heavy atom. The van der Waals surface area contributed by atoms with Gasteiger partial charge in [0, 0.05) is 0 Å². The standard InChI is InChI=1S/C54H114N2/c1-7-13-19-25-31-39-47-55(48-40-32-26-20-14-8-2,49-41-33-27-21-15-9-3)53-45-37-38-46-54-56(50-42-34-28-22-16-10-4,51-43-35-29-23-17-11-5)52-44-36-30-24-18-12-6/h7-54H2,1-6H3/q+2. The highest BCUT2D eigenvalue weighted by molar-refractivity contribution is 4.58. The molecule has 0 saturated carbocycles. The van der Waals surface area contributed by atoms with Gasteiger partial charge in [-0.3, -0.25) is 0 Å². The van der Waals surface area contributed by atoms with E-state index in [4.69, 9.17) is 0 Å². The van der Waals surface area contributed by atoms with E-state index in [2.05, 4.69) is 41.5 Å². The van der Waals surface area contributed by atoms with Gasteiger partial charge in [-0.15, -0.1) is 0 Å². The van der Waals surface area contributed by atoms with Crippen LogP contribution in [0.4, 0.5) is 0 Å². The molecule has 0 aromatic heterocycles. The lowest BCUT2D eigenvalue weighted by molar-refractivity contribution is -0.929. The summed E-state index contributed by atoms with van der Waals surface area (Å²) in [4.78, 5) is 0. The van der Waals surface area contributed by atoms with Gasteiger partial charge in [-0.2, -0.15) is 0 Å². The van der Waals surface area contributed by atoms with E-state index in [-0.39, 0.29) is 0 Å². The molecular weight excluding hydrogens is 677 g/mol. The lowest BCUT2D eigenvalue weighted by Crippen LogP contribution is -2.51.